The third-order valence-corrected chi connectivity index (χ3v) is 3.73. The van der Waals surface area contributed by atoms with Gasteiger partial charge in [0, 0.05) is 32.7 Å². The molecule has 1 aliphatic rings. The van der Waals surface area contributed by atoms with Crippen molar-refractivity contribution in [2.45, 2.75) is 26.7 Å². The Bertz CT molecular complexity index is 327. The van der Waals surface area contributed by atoms with Crippen molar-refractivity contribution in [3.8, 4) is 0 Å². The van der Waals surface area contributed by atoms with Crippen molar-refractivity contribution in [1.29, 1.82) is 0 Å². The molecule has 0 aromatic carbocycles. The van der Waals surface area contributed by atoms with Gasteiger partial charge in [0.25, 0.3) is 0 Å². The minimum Gasteiger partial charge on any atom is -0.481 e. The summed E-state index contributed by atoms with van der Waals surface area (Å²) in [6, 6.07) is -0.220. The molecule has 2 amide bonds. The van der Waals surface area contributed by atoms with Crippen LogP contribution in [0.2, 0.25) is 0 Å². The Labute approximate surface area is 120 Å². The summed E-state index contributed by atoms with van der Waals surface area (Å²) in [6.07, 6.45) is 2.11. The molecule has 0 saturated carbocycles. The van der Waals surface area contributed by atoms with Crippen molar-refractivity contribution in [3.05, 3.63) is 0 Å². The SMILES string of the molecule is CC(C)C(CNC(=O)N(C)CC1CCCOC1)C(=O)O. The molecule has 0 aromatic rings. The van der Waals surface area contributed by atoms with E-state index in [4.69, 9.17) is 9.84 Å². The maximum atomic E-state index is 11.9. The van der Waals surface area contributed by atoms with Crippen LogP contribution in [0.5, 0.6) is 0 Å². The van der Waals surface area contributed by atoms with E-state index in [1.54, 1.807) is 11.9 Å². The summed E-state index contributed by atoms with van der Waals surface area (Å²) in [5.74, 6) is -1.06. The zero-order valence-corrected chi connectivity index (χ0v) is 12.6. The van der Waals surface area contributed by atoms with Crippen molar-refractivity contribution in [3.63, 3.8) is 0 Å². The van der Waals surface area contributed by atoms with Crippen LogP contribution in [0.4, 0.5) is 4.79 Å². The minimum atomic E-state index is -0.872. The van der Waals surface area contributed by atoms with Crippen molar-refractivity contribution in [2.75, 3.05) is 33.4 Å². The molecule has 20 heavy (non-hydrogen) atoms. The molecule has 1 rings (SSSR count). The predicted molar refractivity (Wildman–Crippen MR) is 75.5 cm³/mol. The molecule has 0 aromatic heterocycles. The van der Waals surface area contributed by atoms with E-state index in [1.807, 2.05) is 13.8 Å². The van der Waals surface area contributed by atoms with Crippen molar-refractivity contribution < 1.29 is 19.4 Å². The summed E-state index contributed by atoms with van der Waals surface area (Å²) in [5.41, 5.74) is 0. The topological polar surface area (TPSA) is 78.9 Å². The summed E-state index contributed by atoms with van der Waals surface area (Å²) in [4.78, 5) is 24.6. The van der Waals surface area contributed by atoms with E-state index in [9.17, 15) is 9.59 Å². The molecule has 2 N–H and O–H groups in total. The van der Waals surface area contributed by atoms with Crippen molar-refractivity contribution in [1.82, 2.24) is 10.2 Å². The number of carbonyl (C=O) groups is 2. The van der Waals surface area contributed by atoms with Gasteiger partial charge in [-0.15, -0.1) is 0 Å². The van der Waals surface area contributed by atoms with Crippen LogP contribution in [0.3, 0.4) is 0 Å². The number of carbonyl (C=O) groups excluding carboxylic acids is 1. The second-order valence-electron chi connectivity index (χ2n) is 5.84. The largest absolute Gasteiger partial charge is 0.481 e. The Morgan fingerprint density at radius 1 is 1.45 bits per heavy atom. The van der Waals surface area contributed by atoms with E-state index < -0.39 is 11.9 Å². The Hall–Kier alpha value is -1.30. The molecular weight excluding hydrogens is 260 g/mol. The first-order valence-corrected chi connectivity index (χ1v) is 7.21. The van der Waals surface area contributed by atoms with Crippen LogP contribution in [0, 0.1) is 17.8 Å². The maximum Gasteiger partial charge on any atom is 0.317 e. The van der Waals surface area contributed by atoms with E-state index in [1.165, 1.54) is 0 Å². The molecule has 2 unspecified atom stereocenters. The van der Waals surface area contributed by atoms with Crippen molar-refractivity contribution in [2.24, 2.45) is 17.8 Å². The minimum absolute atomic E-state index is 0.00940. The quantitative estimate of drug-likeness (QED) is 0.774. The van der Waals surface area contributed by atoms with Crippen LogP contribution in [0.25, 0.3) is 0 Å². The number of amides is 2. The molecule has 1 fully saturated rings. The van der Waals surface area contributed by atoms with Gasteiger partial charge in [0.15, 0.2) is 0 Å². The number of aliphatic carboxylic acids is 1. The second kappa shape index (κ2) is 8.09. The highest BCUT2D eigenvalue weighted by atomic mass is 16.5. The lowest BCUT2D eigenvalue weighted by molar-refractivity contribution is -0.142. The molecule has 1 aliphatic heterocycles. The van der Waals surface area contributed by atoms with Gasteiger partial charge in [0.1, 0.15) is 0 Å². The maximum absolute atomic E-state index is 11.9. The first-order valence-electron chi connectivity index (χ1n) is 7.21. The standard InChI is InChI=1S/C14H26N2O4/c1-10(2)12(13(17)18)7-15-14(19)16(3)8-11-5-4-6-20-9-11/h10-12H,4-9H2,1-3H3,(H,15,19)(H,17,18). The third kappa shape index (κ3) is 5.36. The van der Waals surface area contributed by atoms with Gasteiger partial charge in [-0.1, -0.05) is 13.8 Å². The third-order valence-electron chi connectivity index (χ3n) is 3.73. The van der Waals surface area contributed by atoms with E-state index in [0.717, 1.165) is 19.4 Å². The Morgan fingerprint density at radius 2 is 2.15 bits per heavy atom. The fourth-order valence-electron chi connectivity index (χ4n) is 2.36. The number of nitrogens with zero attached hydrogens (tertiary/aromatic N) is 1. The molecule has 6 nitrogen and oxygen atoms in total. The van der Waals surface area contributed by atoms with Gasteiger partial charge in [0.2, 0.25) is 0 Å². The van der Waals surface area contributed by atoms with E-state index in [0.29, 0.717) is 19.1 Å². The number of hydrogen-bond acceptors (Lipinski definition) is 3. The van der Waals surface area contributed by atoms with Gasteiger partial charge in [-0.25, -0.2) is 4.79 Å². The number of ether oxygens (including phenoxy) is 1. The molecule has 116 valence electrons. The Balaban J connectivity index is 2.35. The van der Waals surface area contributed by atoms with Crippen LogP contribution < -0.4 is 5.32 Å². The number of rotatable bonds is 6. The van der Waals surface area contributed by atoms with E-state index in [2.05, 4.69) is 5.32 Å². The van der Waals surface area contributed by atoms with Gasteiger partial charge in [-0.2, -0.15) is 0 Å². The number of nitrogens with one attached hydrogen (secondary N) is 1. The number of urea groups is 1. The smallest absolute Gasteiger partial charge is 0.317 e. The average molecular weight is 286 g/mol. The summed E-state index contributed by atoms with van der Waals surface area (Å²) in [7, 11) is 1.73. The lowest BCUT2D eigenvalue weighted by Crippen LogP contribution is -2.44. The van der Waals surface area contributed by atoms with Crippen LogP contribution >= 0.6 is 0 Å². The molecule has 0 radical (unpaired) electrons. The average Bonchev–Trinajstić information content (AvgIpc) is 2.38. The second-order valence-corrected chi connectivity index (χ2v) is 5.84. The van der Waals surface area contributed by atoms with Gasteiger partial charge in [-0.05, 0) is 18.8 Å². The molecule has 0 aliphatic carbocycles. The summed E-state index contributed by atoms with van der Waals surface area (Å²) < 4.78 is 5.39. The zero-order chi connectivity index (χ0) is 15.1. The molecule has 0 spiro atoms. The summed E-state index contributed by atoms with van der Waals surface area (Å²) >= 11 is 0. The fraction of sp³-hybridized carbons (Fsp3) is 0.857. The molecule has 1 saturated heterocycles. The lowest BCUT2D eigenvalue weighted by atomic mass is 9.96. The monoisotopic (exact) mass is 286 g/mol. The van der Waals surface area contributed by atoms with E-state index >= 15 is 0 Å². The highest BCUT2D eigenvalue weighted by Gasteiger charge is 2.23. The van der Waals surface area contributed by atoms with Crippen LogP contribution in [-0.4, -0.2) is 55.4 Å². The number of carboxylic acids is 1. The summed E-state index contributed by atoms with van der Waals surface area (Å²) in [5, 5.41) is 11.8. The fourth-order valence-corrected chi connectivity index (χ4v) is 2.36. The number of carboxylic acid groups (broad SMARTS) is 1. The molecule has 6 heteroatoms. The van der Waals surface area contributed by atoms with Gasteiger partial charge >= 0.3 is 12.0 Å². The van der Waals surface area contributed by atoms with Crippen LogP contribution in [-0.2, 0) is 9.53 Å². The molecule has 2 atom stereocenters. The Morgan fingerprint density at radius 3 is 2.65 bits per heavy atom. The lowest BCUT2D eigenvalue weighted by Gasteiger charge is -2.27. The highest BCUT2D eigenvalue weighted by Crippen LogP contribution is 2.14. The molecular formula is C14H26N2O4. The van der Waals surface area contributed by atoms with Crippen LogP contribution in [0.15, 0.2) is 0 Å². The first kappa shape index (κ1) is 16.8. The molecule has 0 bridgehead atoms. The van der Waals surface area contributed by atoms with E-state index in [-0.39, 0.29) is 18.5 Å². The van der Waals surface area contributed by atoms with Crippen LogP contribution in [0.1, 0.15) is 26.7 Å². The Kier molecular flexibility index (Phi) is 6.78. The van der Waals surface area contributed by atoms with Gasteiger partial charge in [0.05, 0.1) is 12.5 Å². The van der Waals surface area contributed by atoms with Crippen molar-refractivity contribution >= 4 is 12.0 Å². The molecule has 1 heterocycles. The normalized spacial score (nSPS) is 20.5. The number of hydrogen-bond donors (Lipinski definition) is 2. The van der Waals surface area contributed by atoms with Gasteiger partial charge < -0.3 is 20.1 Å². The van der Waals surface area contributed by atoms with Gasteiger partial charge in [-0.3, -0.25) is 4.79 Å². The predicted octanol–water partition coefficient (Wildman–Crippen LogP) is 1.41. The highest BCUT2D eigenvalue weighted by molar-refractivity contribution is 5.75. The summed E-state index contributed by atoms with van der Waals surface area (Å²) in [6.45, 7) is 5.99. The zero-order valence-electron chi connectivity index (χ0n) is 12.6. The first-order chi connectivity index (χ1) is 9.41.